The van der Waals surface area contributed by atoms with Crippen molar-refractivity contribution in [3.8, 4) is 0 Å². The van der Waals surface area contributed by atoms with Crippen LogP contribution in [0, 0.1) is 5.41 Å². The molecule has 0 aromatic rings. The van der Waals surface area contributed by atoms with Crippen molar-refractivity contribution < 1.29 is 14.3 Å². The van der Waals surface area contributed by atoms with Gasteiger partial charge in [-0.15, -0.1) is 0 Å². The van der Waals surface area contributed by atoms with Crippen molar-refractivity contribution in [1.29, 1.82) is 0 Å². The number of carbonyl (C=O) groups excluding carboxylic acids is 1. The number of ether oxygens (including phenoxy) is 2. The second-order valence-electron chi connectivity index (χ2n) is 5.58. The van der Waals surface area contributed by atoms with Gasteiger partial charge in [0.1, 0.15) is 6.61 Å². The molecule has 0 radical (unpaired) electrons. The summed E-state index contributed by atoms with van der Waals surface area (Å²) >= 11 is 0. The lowest BCUT2D eigenvalue weighted by Crippen LogP contribution is -2.35. The standard InChI is InChI=1S/C14H27NO3/c1-12(2)17-8-9-18-13(16)10-14(11-15)6-4-3-5-7-14/h12H,3-11,15H2,1-2H3. The fourth-order valence-corrected chi connectivity index (χ4v) is 2.55. The van der Waals surface area contributed by atoms with E-state index < -0.39 is 0 Å². The van der Waals surface area contributed by atoms with E-state index in [0.29, 0.717) is 26.2 Å². The highest BCUT2D eigenvalue weighted by molar-refractivity contribution is 5.70. The normalized spacial score (nSPS) is 18.9. The zero-order chi connectivity index (χ0) is 13.4. The van der Waals surface area contributed by atoms with Crippen LogP contribution in [0.4, 0.5) is 0 Å². The molecule has 0 spiro atoms. The third-order valence-electron chi connectivity index (χ3n) is 3.66. The van der Waals surface area contributed by atoms with Crippen molar-refractivity contribution in [1.82, 2.24) is 0 Å². The number of rotatable bonds is 7. The number of hydrogen-bond donors (Lipinski definition) is 1. The molecule has 106 valence electrons. The van der Waals surface area contributed by atoms with E-state index in [2.05, 4.69) is 0 Å². The minimum atomic E-state index is -0.130. The summed E-state index contributed by atoms with van der Waals surface area (Å²) in [6.07, 6.45) is 6.38. The van der Waals surface area contributed by atoms with Gasteiger partial charge >= 0.3 is 5.97 Å². The lowest BCUT2D eigenvalue weighted by molar-refractivity contribution is -0.149. The highest BCUT2D eigenvalue weighted by Crippen LogP contribution is 2.38. The Kier molecular flexibility index (Phi) is 6.65. The first-order valence-corrected chi connectivity index (χ1v) is 7.05. The molecular formula is C14H27NO3. The maximum atomic E-state index is 11.8. The summed E-state index contributed by atoms with van der Waals surface area (Å²) in [5.74, 6) is -0.130. The molecule has 0 heterocycles. The van der Waals surface area contributed by atoms with Gasteiger partial charge in [0.15, 0.2) is 0 Å². The van der Waals surface area contributed by atoms with E-state index in [1.807, 2.05) is 13.8 Å². The van der Waals surface area contributed by atoms with Crippen molar-refractivity contribution in [2.24, 2.45) is 11.1 Å². The minimum absolute atomic E-state index is 0.00572. The van der Waals surface area contributed by atoms with E-state index in [-0.39, 0.29) is 17.5 Å². The summed E-state index contributed by atoms with van der Waals surface area (Å²) < 4.78 is 10.5. The Labute approximate surface area is 110 Å². The minimum Gasteiger partial charge on any atom is -0.463 e. The molecular weight excluding hydrogens is 230 g/mol. The SMILES string of the molecule is CC(C)OCCOC(=O)CC1(CN)CCCCC1. The van der Waals surface area contributed by atoms with E-state index in [1.54, 1.807) is 0 Å². The highest BCUT2D eigenvalue weighted by atomic mass is 16.6. The van der Waals surface area contributed by atoms with E-state index in [0.717, 1.165) is 12.8 Å². The summed E-state index contributed by atoms with van der Waals surface area (Å²) in [5.41, 5.74) is 5.84. The van der Waals surface area contributed by atoms with Crippen LogP contribution in [0.25, 0.3) is 0 Å². The van der Waals surface area contributed by atoms with Gasteiger partial charge in [-0.2, -0.15) is 0 Å². The summed E-state index contributed by atoms with van der Waals surface area (Å²) in [5, 5.41) is 0. The van der Waals surface area contributed by atoms with Gasteiger partial charge in [-0.25, -0.2) is 0 Å². The van der Waals surface area contributed by atoms with Crippen molar-refractivity contribution in [2.45, 2.75) is 58.5 Å². The average Bonchev–Trinajstić information content (AvgIpc) is 2.35. The van der Waals surface area contributed by atoms with Crippen LogP contribution in [0.5, 0.6) is 0 Å². The predicted molar refractivity (Wildman–Crippen MR) is 71.2 cm³/mol. The summed E-state index contributed by atoms with van der Waals surface area (Å²) in [6, 6.07) is 0. The second-order valence-corrected chi connectivity index (χ2v) is 5.58. The van der Waals surface area contributed by atoms with Crippen LogP contribution in [0.1, 0.15) is 52.4 Å². The Morgan fingerprint density at radius 3 is 2.44 bits per heavy atom. The van der Waals surface area contributed by atoms with Crippen LogP contribution < -0.4 is 5.73 Å². The predicted octanol–water partition coefficient (Wildman–Crippen LogP) is 2.25. The van der Waals surface area contributed by atoms with Crippen LogP contribution in [-0.2, 0) is 14.3 Å². The number of hydrogen-bond acceptors (Lipinski definition) is 4. The maximum absolute atomic E-state index is 11.8. The van der Waals surface area contributed by atoms with E-state index in [4.69, 9.17) is 15.2 Å². The molecule has 1 saturated carbocycles. The zero-order valence-electron chi connectivity index (χ0n) is 11.7. The van der Waals surface area contributed by atoms with E-state index in [1.165, 1.54) is 19.3 Å². The number of carbonyl (C=O) groups is 1. The van der Waals surface area contributed by atoms with Gasteiger partial charge in [-0.1, -0.05) is 19.3 Å². The third kappa shape index (κ3) is 5.36. The highest BCUT2D eigenvalue weighted by Gasteiger charge is 2.33. The van der Waals surface area contributed by atoms with E-state index >= 15 is 0 Å². The largest absolute Gasteiger partial charge is 0.463 e. The molecule has 1 rings (SSSR count). The van der Waals surface area contributed by atoms with Gasteiger partial charge in [0.2, 0.25) is 0 Å². The van der Waals surface area contributed by atoms with Crippen LogP contribution in [-0.4, -0.2) is 31.8 Å². The lowest BCUT2D eigenvalue weighted by Gasteiger charge is -2.35. The molecule has 1 fully saturated rings. The molecule has 18 heavy (non-hydrogen) atoms. The van der Waals surface area contributed by atoms with Crippen LogP contribution in [0.3, 0.4) is 0 Å². The third-order valence-corrected chi connectivity index (χ3v) is 3.66. The van der Waals surface area contributed by atoms with Crippen molar-refractivity contribution in [3.05, 3.63) is 0 Å². The Balaban J connectivity index is 2.25. The maximum Gasteiger partial charge on any atom is 0.306 e. The first-order valence-electron chi connectivity index (χ1n) is 7.05. The fourth-order valence-electron chi connectivity index (χ4n) is 2.55. The lowest BCUT2D eigenvalue weighted by atomic mass is 9.72. The van der Waals surface area contributed by atoms with Gasteiger partial charge in [0.05, 0.1) is 19.1 Å². The Morgan fingerprint density at radius 2 is 1.89 bits per heavy atom. The van der Waals surface area contributed by atoms with E-state index in [9.17, 15) is 4.79 Å². The smallest absolute Gasteiger partial charge is 0.306 e. The zero-order valence-corrected chi connectivity index (χ0v) is 11.7. The molecule has 0 saturated heterocycles. The Bertz CT molecular complexity index is 247. The van der Waals surface area contributed by atoms with Crippen LogP contribution in [0.2, 0.25) is 0 Å². The van der Waals surface area contributed by atoms with Gasteiger partial charge in [-0.05, 0) is 38.6 Å². The molecule has 1 aliphatic rings. The van der Waals surface area contributed by atoms with Gasteiger partial charge in [0.25, 0.3) is 0 Å². The second kappa shape index (κ2) is 7.74. The van der Waals surface area contributed by atoms with Gasteiger partial charge in [-0.3, -0.25) is 4.79 Å². The molecule has 0 aromatic heterocycles. The van der Waals surface area contributed by atoms with Crippen molar-refractivity contribution in [2.75, 3.05) is 19.8 Å². The molecule has 4 nitrogen and oxygen atoms in total. The molecule has 0 aliphatic heterocycles. The Hall–Kier alpha value is -0.610. The molecule has 0 aromatic carbocycles. The first-order chi connectivity index (χ1) is 8.58. The summed E-state index contributed by atoms with van der Waals surface area (Å²) in [7, 11) is 0. The molecule has 2 N–H and O–H groups in total. The fraction of sp³-hybridized carbons (Fsp3) is 0.929. The van der Waals surface area contributed by atoms with Crippen molar-refractivity contribution >= 4 is 5.97 Å². The molecule has 0 unspecified atom stereocenters. The molecule has 1 aliphatic carbocycles. The number of esters is 1. The first kappa shape index (κ1) is 15.4. The van der Waals surface area contributed by atoms with Gasteiger partial charge in [0, 0.05) is 0 Å². The molecule has 0 atom stereocenters. The average molecular weight is 257 g/mol. The Morgan fingerprint density at radius 1 is 1.22 bits per heavy atom. The molecule has 4 heteroatoms. The van der Waals surface area contributed by atoms with Crippen LogP contribution >= 0.6 is 0 Å². The molecule has 0 amide bonds. The monoisotopic (exact) mass is 257 g/mol. The van der Waals surface area contributed by atoms with Crippen molar-refractivity contribution in [3.63, 3.8) is 0 Å². The van der Waals surface area contributed by atoms with Crippen LogP contribution in [0.15, 0.2) is 0 Å². The molecule has 0 bridgehead atoms. The summed E-state index contributed by atoms with van der Waals surface area (Å²) in [4.78, 5) is 11.8. The number of nitrogens with two attached hydrogens (primary N) is 1. The summed E-state index contributed by atoms with van der Waals surface area (Å²) in [6.45, 7) is 5.34. The van der Waals surface area contributed by atoms with Gasteiger partial charge < -0.3 is 15.2 Å². The quantitative estimate of drug-likeness (QED) is 0.561. The topological polar surface area (TPSA) is 61.5 Å².